The van der Waals surface area contributed by atoms with E-state index in [0.29, 0.717) is 5.69 Å². The highest BCUT2D eigenvalue weighted by molar-refractivity contribution is 9.10. The van der Waals surface area contributed by atoms with Gasteiger partial charge in [-0.15, -0.1) is 0 Å². The van der Waals surface area contributed by atoms with Crippen LogP contribution in [0.25, 0.3) is 0 Å². The summed E-state index contributed by atoms with van der Waals surface area (Å²) in [6.45, 7) is 6.42. The highest BCUT2D eigenvalue weighted by Gasteiger charge is 2.14. The fourth-order valence-corrected chi connectivity index (χ4v) is 1.65. The molecular formula is C10H14BrNO2. The predicted octanol–water partition coefficient (Wildman–Crippen LogP) is 2.84. The van der Waals surface area contributed by atoms with Gasteiger partial charge < -0.3 is 9.30 Å². The second-order valence-corrected chi connectivity index (χ2v) is 4.20. The summed E-state index contributed by atoms with van der Waals surface area (Å²) in [6.07, 6.45) is 1.79. The Balaban J connectivity index is 2.88. The Morgan fingerprint density at radius 2 is 2.29 bits per heavy atom. The Hall–Kier alpha value is -0.770. The van der Waals surface area contributed by atoms with E-state index in [1.165, 1.54) is 0 Å². The molecule has 14 heavy (non-hydrogen) atoms. The Labute approximate surface area is 92.2 Å². The topological polar surface area (TPSA) is 31.2 Å². The van der Waals surface area contributed by atoms with Gasteiger partial charge in [0.15, 0.2) is 0 Å². The number of halogens is 1. The normalized spacial score (nSPS) is 10.6. The van der Waals surface area contributed by atoms with Crippen LogP contribution in [0.5, 0.6) is 0 Å². The fourth-order valence-electron chi connectivity index (χ4n) is 1.18. The molecule has 0 N–H and O–H groups in total. The van der Waals surface area contributed by atoms with Crippen LogP contribution in [0.15, 0.2) is 16.7 Å². The molecule has 0 saturated carbocycles. The molecule has 0 atom stereocenters. The summed E-state index contributed by atoms with van der Waals surface area (Å²) in [5.74, 6) is -0.271. The molecule has 4 heteroatoms. The summed E-state index contributed by atoms with van der Waals surface area (Å²) in [7, 11) is 0. The number of carbonyl (C=O) groups is 1. The standard InChI is InChI=1S/C10H14BrNO2/c1-4-12-6-8(11)5-9(12)10(13)14-7(2)3/h5-7H,4H2,1-3H3. The van der Waals surface area contributed by atoms with Gasteiger partial charge >= 0.3 is 5.97 Å². The fraction of sp³-hybridized carbons (Fsp3) is 0.500. The van der Waals surface area contributed by atoms with E-state index < -0.39 is 0 Å². The molecule has 1 aromatic rings. The van der Waals surface area contributed by atoms with Crippen LogP contribution in [0.3, 0.4) is 0 Å². The number of esters is 1. The van der Waals surface area contributed by atoms with Crippen LogP contribution in [-0.4, -0.2) is 16.6 Å². The van der Waals surface area contributed by atoms with E-state index in [1.807, 2.05) is 31.5 Å². The zero-order chi connectivity index (χ0) is 10.7. The zero-order valence-corrected chi connectivity index (χ0v) is 10.2. The molecule has 0 fully saturated rings. The highest BCUT2D eigenvalue weighted by Crippen LogP contribution is 2.16. The van der Waals surface area contributed by atoms with Gasteiger partial charge in [0.25, 0.3) is 0 Å². The van der Waals surface area contributed by atoms with Crippen molar-refractivity contribution in [3.05, 3.63) is 22.4 Å². The van der Waals surface area contributed by atoms with Crippen LogP contribution in [0.1, 0.15) is 31.3 Å². The first kappa shape index (κ1) is 11.3. The number of hydrogen-bond acceptors (Lipinski definition) is 2. The van der Waals surface area contributed by atoms with Gasteiger partial charge in [0.05, 0.1) is 6.10 Å². The van der Waals surface area contributed by atoms with Crippen molar-refractivity contribution < 1.29 is 9.53 Å². The Morgan fingerprint density at radius 1 is 1.64 bits per heavy atom. The van der Waals surface area contributed by atoms with Crippen LogP contribution in [0.2, 0.25) is 0 Å². The summed E-state index contributed by atoms with van der Waals surface area (Å²) in [5.41, 5.74) is 0.591. The number of aryl methyl sites for hydroxylation is 1. The van der Waals surface area contributed by atoms with Gasteiger partial charge in [0, 0.05) is 17.2 Å². The minimum atomic E-state index is -0.271. The monoisotopic (exact) mass is 259 g/mol. The molecule has 0 bridgehead atoms. The lowest BCUT2D eigenvalue weighted by molar-refractivity contribution is 0.0365. The second kappa shape index (κ2) is 4.64. The third-order valence-electron chi connectivity index (χ3n) is 1.76. The van der Waals surface area contributed by atoms with Crippen molar-refractivity contribution in [2.75, 3.05) is 0 Å². The predicted molar refractivity (Wildman–Crippen MR) is 58.4 cm³/mol. The van der Waals surface area contributed by atoms with Gasteiger partial charge in [0.1, 0.15) is 5.69 Å². The van der Waals surface area contributed by atoms with Crippen molar-refractivity contribution in [3.63, 3.8) is 0 Å². The number of rotatable bonds is 3. The average molecular weight is 260 g/mol. The van der Waals surface area contributed by atoms with E-state index in [0.717, 1.165) is 11.0 Å². The van der Waals surface area contributed by atoms with Crippen LogP contribution in [0.4, 0.5) is 0 Å². The lowest BCUT2D eigenvalue weighted by atomic mass is 10.4. The van der Waals surface area contributed by atoms with Crippen molar-refractivity contribution in [3.8, 4) is 0 Å². The lowest BCUT2D eigenvalue weighted by Crippen LogP contribution is -2.15. The maximum absolute atomic E-state index is 11.6. The highest BCUT2D eigenvalue weighted by atomic mass is 79.9. The first-order chi connectivity index (χ1) is 6.54. The van der Waals surface area contributed by atoms with Crippen LogP contribution < -0.4 is 0 Å². The zero-order valence-electron chi connectivity index (χ0n) is 8.58. The van der Waals surface area contributed by atoms with E-state index >= 15 is 0 Å². The number of carbonyl (C=O) groups excluding carboxylic acids is 1. The SMILES string of the molecule is CCn1cc(Br)cc1C(=O)OC(C)C. The molecule has 1 aromatic heterocycles. The van der Waals surface area contributed by atoms with Crippen LogP contribution >= 0.6 is 15.9 Å². The Kier molecular flexibility index (Phi) is 3.75. The van der Waals surface area contributed by atoms with E-state index in [4.69, 9.17) is 4.74 Å². The van der Waals surface area contributed by atoms with E-state index in [2.05, 4.69) is 15.9 Å². The number of hydrogen-bond donors (Lipinski definition) is 0. The van der Waals surface area contributed by atoms with Crippen molar-refractivity contribution >= 4 is 21.9 Å². The molecule has 0 radical (unpaired) electrons. The Morgan fingerprint density at radius 3 is 2.79 bits per heavy atom. The van der Waals surface area contributed by atoms with E-state index in [9.17, 15) is 4.79 Å². The smallest absolute Gasteiger partial charge is 0.355 e. The van der Waals surface area contributed by atoms with Gasteiger partial charge in [0.2, 0.25) is 0 Å². The molecule has 1 rings (SSSR count). The number of aromatic nitrogens is 1. The van der Waals surface area contributed by atoms with Crippen LogP contribution in [-0.2, 0) is 11.3 Å². The molecule has 1 heterocycles. The number of nitrogens with zero attached hydrogens (tertiary/aromatic N) is 1. The number of ether oxygens (including phenoxy) is 1. The molecule has 0 unspecified atom stereocenters. The van der Waals surface area contributed by atoms with Gasteiger partial charge in [-0.1, -0.05) is 0 Å². The van der Waals surface area contributed by atoms with Gasteiger partial charge in [-0.05, 0) is 42.8 Å². The van der Waals surface area contributed by atoms with Crippen molar-refractivity contribution in [1.29, 1.82) is 0 Å². The van der Waals surface area contributed by atoms with Gasteiger partial charge in [-0.25, -0.2) is 4.79 Å². The molecule has 0 aliphatic carbocycles. The van der Waals surface area contributed by atoms with Crippen molar-refractivity contribution in [1.82, 2.24) is 4.57 Å². The summed E-state index contributed by atoms with van der Waals surface area (Å²) < 4.78 is 7.87. The minimum absolute atomic E-state index is 0.0820. The van der Waals surface area contributed by atoms with Crippen LogP contribution in [0, 0.1) is 0 Å². The first-order valence-electron chi connectivity index (χ1n) is 4.61. The largest absolute Gasteiger partial charge is 0.458 e. The third kappa shape index (κ3) is 2.61. The summed E-state index contributed by atoms with van der Waals surface area (Å²) in [5, 5.41) is 0. The molecule has 0 aliphatic heterocycles. The molecular weight excluding hydrogens is 246 g/mol. The maximum atomic E-state index is 11.6. The minimum Gasteiger partial charge on any atom is -0.458 e. The average Bonchev–Trinajstić information content (AvgIpc) is 2.45. The molecule has 0 aliphatic rings. The van der Waals surface area contributed by atoms with Gasteiger partial charge in [-0.2, -0.15) is 0 Å². The lowest BCUT2D eigenvalue weighted by Gasteiger charge is -2.09. The van der Waals surface area contributed by atoms with Crippen molar-refractivity contribution in [2.24, 2.45) is 0 Å². The van der Waals surface area contributed by atoms with Gasteiger partial charge in [-0.3, -0.25) is 0 Å². The second-order valence-electron chi connectivity index (χ2n) is 3.28. The summed E-state index contributed by atoms with van der Waals surface area (Å²) in [4.78, 5) is 11.6. The summed E-state index contributed by atoms with van der Waals surface area (Å²) >= 11 is 3.33. The first-order valence-corrected chi connectivity index (χ1v) is 5.40. The van der Waals surface area contributed by atoms with E-state index in [-0.39, 0.29) is 12.1 Å². The quantitative estimate of drug-likeness (QED) is 0.782. The molecule has 0 aromatic carbocycles. The summed E-state index contributed by atoms with van der Waals surface area (Å²) in [6, 6.07) is 1.77. The van der Waals surface area contributed by atoms with E-state index in [1.54, 1.807) is 6.07 Å². The molecule has 3 nitrogen and oxygen atoms in total. The molecule has 0 spiro atoms. The Bertz CT molecular complexity index is 331. The van der Waals surface area contributed by atoms with Crippen molar-refractivity contribution in [2.45, 2.75) is 33.4 Å². The maximum Gasteiger partial charge on any atom is 0.355 e. The molecule has 0 amide bonds. The molecule has 0 saturated heterocycles. The third-order valence-corrected chi connectivity index (χ3v) is 2.19. The molecule has 78 valence electrons.